The molecule has 4 heteroatoms. The first-order chi connectivity index (χ1) is 7.90. The number of amides is 1. The molecule has 1 atom stereocenters. The van der Waals surface area contributed by atoms with Crippen molar-refractivity contribution in [2.75, 3.05) is 0 Å². The number of rotatable bonds is 4. The zero-order valence-electron chi connectivity index (χ0n) is 10.6. The molecule has 1 N–H and O–H groups in total. The van der Waals surface area contributed by atoms with Crippen molar-refractivity contribution in [1.82, 2.24) is 5.32 Å². The van der Waals surface area contributed by atoms with Crippen LogP contribution in [0, 0.1) is 12.7 Å². The second kappa shape index (κ2) is 5.66. The lowest BCUT2D eigenvalue weighted by atomic mass is 10.2. The van der Waals surface area contributed by atoms with Gasteiger partial charge in [-0.3, -0.25) is 4.79 Å². The largest absolute Gasteiger partial charge is 0.481 e. The average Bonchev–Trinajstić information content (AvgIpc) is 2.22. The van der Waals surface area contributed by atoms with Gasteiger partial charge in [-0.25, -0.2) is 4.39 Å². The van der Waals surface area contributed by atoms with E-state index in [1.807, 2.05) is 13.8 Å². The van der Waals surface area contributed by atoms with Gasteiger partial charge in [-0.2, -0.15) is 0 Å². The average molecular weight is 239 g/mol. The highest BCUT2D eigenvalue weighted by Gasteiger charge is 2.15. The Morgan fingerprint density at radius 1 is 1.35 bits per heavy atom. The molecule has 0 aromatic heterocycles. The van der Waals surface area contributed by atoms with E-state index >= 15 is 0 Å². The highest BCUT2D eigenvalue weighted by Crippen LogP contribution is 2.17. The first kappa shape index (κ1) is 13.5. The Labute approximate surface area is 101 Å². The molecule has 0 aliphatic rings. The van der Waals surface area contributed by atoms with E-state index in [0.717, 1.165) is 0 Å². The zero-order valence-corrected chi connectivity index (χ0v) is 10.6. The van der Waals surface area contributed by atoms with E-state index < -0.39 is 6.10 Å². The van der Waals surface area contributed by atoms with E-state index in [0.29, 0.717) is 11.3 Å². The van der Waals surface area contributed by atoms with Crippen molar-refractivity contribution in [2.24, 2.45) is 0 Å². The van der Waals surface area contributed by atoms with Gasteiger partial charge < -0.3 is 10.1 Å². The van der Waals surface area contributed by atoms with E-state index in [1.165, 1.54) is 12.1 Å². The number of hydrogen-bond acceptors (Lipinski definition) is 2. The summed E-state index contributed by atoms with van der Waals surface area (Å²) in [6.45, 7) is 7.08. The standard InChI is InChI=1S/C13H18FNO2/c1-8(2)15-13(16)10(4)17-11-5-6-12(14)9(3)7-11/h5-8,10H,1-4H3,(H,15,16). The van der Waals surface area contributed by atoms with Crippen LogP contribution in [-0.2, 0) is 4.79 Å². The first-order valence-corrected chi connectivity index (χ1v) is 5.63. The molecule has 0 saturated heterocycles. The topological polar surface area (TPSA) is 38.3 Å². The van der Waals surface area contributed by atoms with Crippen LogP contribution in [0.5, 0.6) is 5.75 Å². The molecule has 1 unspecified atom stereocenters. The van der Waals surface area contributed by atoms with Crippen LogP contribution in [0.1, 0.15) is 26.3 Å². The van der Waals surface area contributed by atoms with Gasteiger partial charge in [0.1, 0.15) is 11.6 Å². The van der Waals surface area contributed by atoms with Crippen molar-refractivity contribution in [2.45, 2.75) is 39.8 Å². The molecule has 17 heavy (non-hydrogen) atoms. The van der Waals surface area contributed by atoms with Gasteiger partial charge in [-0.1, -0.05) is 0 Å². The Balaban J connectivity index is 2.64. The van der Waals surface area contributed by atoms with E-state index in [4.69, 9.17) is 4.74 Å². The molecule has 3 nitrogen and oxygen atoms in total. The fourth-order valence-corrected chi connectivity index (χ4v) is 1.35. The SMILES string of the molecule is Cc1cc(OC(C)C(=O)NC(C)C)ccc1F. The van der Waals surface area contributed by atoms with Crippen molar-refractivity contribution < 1.29 is 13.9 Å². The molecule has 0 spiro atoms. The Bertz CT molecular complexity index is 404. The van der Waals surface area contributed by atoms with Gasteiger partial charge >= 0.3 is 0 Å². The van der Waals surface area contributed by atoms with Crippen LogP contribution in [0.25, 0.3) is 0 Å². The fraction of sp³-hybridized carbons (Fsp3) is 0.462. The summed E-state index contributed by atoms with van der Waals surface area (Å²) < 4.78 is 18.5. The maximum Gasteiger partial charge on any atom is 0.260 e. The lowest BCUT2D eigenvalue weighted by molar-refractivity contribution is -0.127. The molecule has 1 amide bonds. The number of aryl methyl sites for hydroxylation is 1. The molecule has 0 radical (unpaired) electrons. The number of carbonyl (C=O) groups excluding carboxylic acids is 1. The van der Waals surface area contributed by atoms with Crippen LogP contribution in [0.3, 0.4) is 0 Å². The number of nitrogens with one attached hydrogen (secondary N) is 1. The third-order valence-corrected chi connectivity index (χ3v) is 2.24. The van der Waals surface area contributed by atoms with Crippen LogP contribution in [0.15, 0.2) is 18.2 Å². The predicted octanol–water partition coefficient (Wildman–Crippen LogP) is 2.43. The molecule has 0 aliphatic carbocycles. The Morgan fingerprint density at radius 3 is 2.53 bits per heavy atom. The van der Waals surface area contributed by atoms with Gasteiger partial charge in [-0.05, 0) is 51.5 Å². The summed E-state index contributed by atoms with van der Waals surface area (Å²) in [5.74, 6) is 0.0360. The lowest BCUT2D eigenvalue weighted by Gasteiger charge is -2.16. The summed E-state index contributed by atoms with van der Waals surface area (Å²) in [6.07, 6.45) is -0.595. The minimum atomic E-state index is -0.595. The maximum atomic E-state index is 13.0. The van der Waals surface area contributed by atoms with Gasteiger partial charge in [0.25, 0.3) is 5.91 Å². The first-order valence-electron chi connectivity index (χ1n) is 5.63. The van der Waals surface area contributed by atoms with Crippen LogP contribution < -0.4 is 10.1 Å². The van der Waals surface area contributed by atoms with Gasteiger partial charge in [0.15, 0.2) is 6.10 Å². The summed E-state index contributed by atoms with van der Waals surface area (Å²) in [7, 11) is 0. The molecule has 0 heterocycles. The molecule has 1 aromatic rings. The van der Waals surface area contributed by atoms with Crippen LogP contribution in [-0.4, -0.2) is 18.1 Å². The van der Waals surface area contributed by atoms with E-state index in [9.17, 15) is 9.18 Å². The Morgan fingerprint density at radius 2 is 2.00 bits per heavy atom. The smallest absolute Gasteiger partial charge is 0.260 e. The monoisotopic (exact) mass is 239 g/mol. The Hall–Kier alpha value is -1.58. The number of carbonyl (C=O) groups is 1. The number of ether oxygens (including phenoxy) is 1. The van der Waals surface area contributed by atoms with Gasteiger partial charge in [0, 0.05) is 6.04 Å². The maximum absolute atomic E-state index is 13.0. The number of hydrogen-bond donors (Lipinski definition) is 1. The molecular weight excluding hydrogens is 221 g/mol. The summed E-state index contributed by atoms with van der Waals surface area (Å²) in [4.78, 5) is 11.6. The molecule has 1 rings (SSSR count). The van der Waals surface area contributed by atoms with Crippen molar-refractivity contribution in [3.8, 4) is 5.75 Å². The minimum Gasteiger partial charge on any atom is -0.481 e. The van der Waals surface area contributed by atoms with Crippen molar-refractivity contribution in [3.63, 3.8) is 0 Å². The van der Waals surface area contributed by atoms with Crippen LogP contribution in [0.4, 0.5) is 4.39 Å². The highest BCUT2D eigenvalue weighted by atomic mass is 19.1. The third kappa shape index (κ3) is 4.06. The summed E-state index contributed by atoms with van der Waals surface area (Å²) in [6, 6.07) is 4.50. The summed E-state index contributed by atoms with van der Waals surface area (Å²) in [5.41, 5.74) is 0.499. The predicted molar refractivity (Wildman–Crippen MR) is 64.5 cm³/mol. The highest BCUT2D eigenvalue weighted by molar-refractivity contribution is 5.80. The fourth-order valence-electron chi connectivity index (χ4n) is 1.35. The number of halogens is 1. The number of benzene rings is 1. The van der Waals surface area contributed by atoms with Crippen molar-refractivity contribution in [3.05, 3.63) is 29.6 Å². The minimum absolute atomic E-state index is 0.0727. The summed E-state index contributed by atoms with van der Waals surface area (Å²) in [5, 5.41) is 2.75. The third-order valence-electron chi connectivity index (χ3n) is 2.24. The van der Waals surface area contributed by atoms with E-state index in [-0.39, 0.29) is 17.8 Å². The van der Waals surface area contributed by atoms with Crippen LogP contribution >= 0.6 is 0 Å². The van der Waals surface area contributed by atoms with Crippen molar-refractivity contribution >= 4 is 5.91 Å². The molecule has 1 aromatic carbocycles. The van der Waals surface area contributed by atoms with Gasteiger partial charge in [0.05, 0.1) is 0 Å². The lowest BCUT2D eigenvalue weighted by Crippen LogP contribution is -2.40. The van der Waals surface area contributed by atoms with E-state index in [1.54, 1.807) is 19.9 Å². The molecule has 94 valence electrons. The second-order valence-electron chi connectivity index (χ2n) is 4.33. The second-order valence-corrected chi connectivity index (χ2v) is 4.33. The molecular formula is C13H18FNO2. The normalized spacial score (nSPS) is 12.4. The van der Waals surface area contributed by atoms with E-state index in [2.05, 4.69) is 5.32 Å². The molecule has 0 bridgehead atoms. The quantitative estimate of drug-likeness (QED) is 0.876. The van der Waals surface area contributed by atoms with Gasteiger partial charge in [0.2, 0.25) is 0 Å². The zero-order chi connectivity index (χ0) is 13.0. The summed E-state index contributed by atoms with van der Waals surface area (Å²) >= 11 is 0. The molecule has 0 saturated carbocycles. The molecule has 0 fully saturated rings. The Kier molecular flexibility index (Phi) is 4.49. The van der Waals surface area contributed by atoms with Gasteiger partial charge in [-0.15, -0.1) is 0 Å². The van der Waals surface area contributed by atoms with Crippen LogP contribution in [0.2, 0.25) is 0 Å². The van der Waals surface area contributed by atoms with Crippen molar-refractivity contribution in [1.29, 1.82) is 0 Å². The molecule has 0 aliphatic heterocycles.